The van der Waals surface area contributed by atoms with Crippen molar-refractivity contribution in [3.63, 3.8) is 0 Å². The third kappa shape index (κ3) is 5.86. The number of nitriles is 1. The predicted octanol–water partition coefficient (Wildman–Crippen LogP) is 1.62. The molecule has 11 heavy (non-hydrogen) atoms. The second kappa shape index (κ2) is 6.17. The van der Waals surface area contributed by atoms with Gasteiger partial charge in [-0.3, -0.25) is 4.79 Å². The summed E-state index contributed by atoms with van der Waals surface area (Å²) in [6, 6.07) is 2.02. The highest BCUT2D eigenvalue weighted by atomic mass is 79.9. The van der Waals surface area contributed by atoms with Crippen molar-refractivity contribution in [3.05, 3.63) is 0 Å². The zero-order valence-corrected chi connectivity index (χ0v) is 7.93. The number of methoxy groups -OCH3 is 1. The molecular formula is C7H10BrNO2. The molecule has 3 nitrogen and oxygen atoms in total. The fourth-order valence-electron chi connectivity index (χ4n) is 0.592. The molecule has 4 heteroatoms. The van der Waals surface area contributed by atoms with Crippen LogP contribution in [0.3, 0.4) is 0 Å². The van der Waals surface area contributed by atoms with Crippen molar-refractivity contribution in [2.75, 3.05) is 7.11 Å². The van der Waals surface area contributed by atoms with Crippen LogP contribution in [0.5, 0.6) is 0 Å². The van der Waals surface area contributed by atoms with Gasteiger partial charge in [0.25, 0.3) is 0 Å². The first-order valence-corrected chi connectivity index (χ1v) is 4.22. The molecule has 0 aromatic carbocycles. The standard InChI is InChI=1S/C7H10BrNO2/c1-11-7(10)4-2-3-6(8)5-9/h6H,2-4H2,1H3. The number of carbonyl (C=O) groups excluding carboxylic acids is 1. The van der Waals surface area contributed by atoms with E-state index in [1.807, 2.05) is 6.07 Å². The van der Waals surface area contributed by atoms with Gasteiger partial charge in [-0.1, -0.05) is 15.9 Å². The highest BCUT2D eigenvalue weighted by Crippen LogP contribution is 2.08. The van der Waals surface area contributed by atoms with Crippen LogP contribution in [0.25, 0.3) is 0 Å². The van der Waals surface area contributed by atoms with Crippen LogP contribution in [-0.2, 0) is 9.53 Å². The zero-order chi connectivity index (χ0) is 8.69. The van der Waals surface area contributed by atoms with Crippen molar-refractivity contribution in [1.29, 1.82) is 5.26 Å². The molecule has 0 aliphatic carbocycles. The van der Waals surface area contributed by atoms with Crippen LogP contribution in [0.15, 0.2) is 0 Å². The molecule has 0 aliphatic rings. The van der Waals surface area contributed by atoms with Crippen molar-refractivity contribution in [2.45, 2.75) is 24.1 Å². The van der Waals surface area contributed by atoms with Gasteiger partial charge < -0.3 is 4.74 Å². The summed E-state index contributed by atoms with van der Waals surface area (Å²) in [7, 11) is 1.36. The van der Waals surface area contributed by atoms with E-state index in [1.165, 1.54) is 7.11 Å². The van der Waals surface area contributed by atoms with Gasteiger partial charge in [-0.2, -0.15) is 5.26 Å². The van der Waals surface area contributed by atoms with E-state index in [-0.39, 0.29) is 10.8 Å². The lowest BCUT2D eigenvalue weighted by molar-refractivity contribution is -0.140. The average Bonchev–Trinajstić information content (AvgIpc) is 2.04. The van der Waals surface area contributed by atoms with Gasteiger partial charge in [0.15, 0.2) is 0 Å². The van der Waals surface area contributed by atoms with E-state index in [4.69, 9.17) is 5.26 Å². The molecule has 0 radical (unpaired) electrons. The molecule has 0 saturated heterocycles. The quantitative estimate of drug-likeness (QED) is 0.534. The Hall–Kier alpha value is -0.560. The maximum Gasteiger partial charge on any atom is 0.305 e. The summed E-state index contributed by atoms with van der Waals surface area (Å²) >= 11 is 3.14. The second-order valence-corrected chi connectivity index (χ2v) is 3.17. The van der Waals surface area contributed by atoms with Crippen LogP contribution in [0, 0.1) is 11.3 Å². The Morgan fingerprint density at radius 3 is 2.91 bits per heavy atom. The molecule has 0 aliphatic heterocycles. The van der Waals surface area contributed by atoms with Crippen LogP contribution in [0.2, 0.25) is 0 Å². The van der Waals surface area contributed by atoms with Crippen LogP contribution in [0.1, 0.15) is 19.3 Å². The molecule has 0 amide bonds. The fourth-order valence-corrected chi connectivity index (χ4v) is 0.916. The van der Waals surface area contributed by atoms with Crippen molar-refractivity contribution < 1.29 is 9.53 Å². The fraction of sp³-hybridized carbons (Fsp3) is 0.714. The number of carbonyl (C=O) groups is 1. The maximum atomic E-state index is 10.6. The first-order valence-electron chi connectivity index (χ1n) is 3.31. The lowest BCUT2D eigenvalue weighted by Crippen LogP contribution is -2.01. The maximum absolute atomic E-state index is 10.6. The summed E-state index contributed by atoms with van der Waals surface area (Å²) in [6.07, 6.45) is 1.77. The van der Waals surface area contributed by atoms with E-state index < -0.39 is 0 Å². The minimum absolute atomic E-state index is 0.146. The second-order valence-electron chi connectivity index (χ2n) is 2.06. The summed E-state index contributed by atoms with van der Waals surface area (Å²) in [5.74, 6) is -0.220. The van der Waals surface area contributed by atoms with Crippen LogP contribution in [-0.4, -0.2) is 17.9 Å². The first-order chi connectivity index (χ1) is 5.20. The molecule has 0 rings (SSSR count). The van der Waals surface area contributed by atoms with Crippen molar-refractivity contribution >= 4 is 21.9 Å². The molecule has 0 saturated carbocycles. The summed E-state index contributed by atoms with van der Waals surface area (Å²) < 4.78 is 4.43. The minimum atomic E-state index is -0.220. The number of halogens is 1. The van der Waals surface area contributed by atoms with Gasteiger partial charge in [0, 0.05) is 6.42 Å². The van der Waals surface area contributed by atoms with Crippen molar-refractivity contribution in [2.24, 2.45) is 0 Å². The smallest absolute Gasteiger partial charge is 0.305 e. The number of rotatable bonds is 4. The molecule has 0 aromatic heterocycles. The van der Waals surface area contributed by atoms with E-state index in [1.54, 1.807) is 0 Å². The summed E-state index contributed by atoms with van der Waals surface area (Å²) in [5, 5.41) is 8.34. The van der Waals surface area contributed by atoms with Crippen molar-refractivity contribution in [1.82, 2.24) is 0 Å². The summed E-state index contributed by atoms with van der Waals surface area (Å²) in [5.41, 5.74) is 0. The zero-order valence-electron chi connectivity index (χ0n) is 6.34. The monoisotopic (exact) mass is 219 g/mol. The van der Waals surface area contributed by atoms with E-state index in [2.05, 4.69) is 20.7 Å². The molecule has 0 aromatic rings. The third-order valence-electron chi connectivity index (χ3n) is 1.21. The highest BCUT2D eigenvalue weighted by Gasteiger charge is 2.04. The summed E-state index contributed by atoms with van der Waals surface area (Å²) in [4.78, 5) is 10.4. The molecule has 0 spiro atoms. The number of ether oxygens (including phenoxy) is 1. The molecule has 0 fully saturated rings. The Morgan fingerprint density at radius 1 is 1.82 bits per heavy atom. The van der Waals surface area contributed by atoms with Crippen LogP contribution < -0.4 is 0 Å². The van der Waals surface area contributed by atoms with E-state index in [0.29, 0.717) is 19.3 Å². The molecule has 0 N–H and O–H groups in total. The van der Waals surface area contributed by atoms with Gasteiger partial charge in [0.1, 0.15) is 4.83 Å². The van der Waals surface area contributed by atoms with Gasteiger partial charge in [0.05, 0.1) is 13.2 Å². The average molecular weight is 220 g/mol. The molecule has 0 heterocycles. The SMILES string of the molecule is COC(=O)CCCC(Br)C#N. The van der Waals surface area contributed by atoms with Crippen molar-refractivity contribution in [3.8, 4) is 6.07 Å². The molecule has 1 atom stereocenters. The minimum Gasteiger partial charge on any atom is -0.469 e. The van der Waals surface area contributed by atoms with Gasteiger partial charge in [-0.25, -0.2) is 0 Å². The Kier molecular flexibility index (Phi) is 5.86. The van der Waals surface area contributed by atoms with Gasteiger partial charge in [0.2, 0.25) is 0 Å². The summed E-state index contributed by atoms with van der Waals surface area (Å²) in [6.45, 7) is 0. The topological polar surface area (TPSA) is 50.1 Å². The third-order valence-corrected chi connectivity index (χ3v) is 1.87. The first kappa shape index (κ1) is 10.4. The number of nitrogens with zero attached hydrogens (tertiary/aromatic N) is 1. The number of hydrogen-bond acceptors (Lipinski definition) is 3. The predicted molar refractivity (Wildman–Crippen MR) is 44.2 cm³/mol. The Bertz CT molecular complexity index is 164. The molecule has 62 valence electrons. The van der Waals surface area contributed by atoms with E-state index in [0.717, 1.165) is 0 Å². The molecule has 1 unspecified atom stereocenters. The van der Waals surface area contributed by atoms with Gasteiger partial charge in [-0.15, -0.1) is 0 Å². The number of alkyl halides is 1. The normalized spacial score (nSPS) is 11.7. The lowest BCUT2D eigenvalue weighted by atomic mass is 10.2. The van der Waals surface area contributed by atoms with Gasteiger partial charge in [-0.05, 0) is 12.8 Å². The highest BCUT2D eigenvalue weighted by molar-refractivity contribution is 9.09. The Balaban J connectivity index is 3.29. The van der Waals surface area contributed by atoms with Gasteiger partial charge >= 0.3 is 5.97 Å². The largest absolute Gasteiger partial charge is 0.469 e. The molecular weight excluding hydrogens is 210 g/mol. The Labute approximate surface area is 74.5 Å². The van der Waals surface area contributed by atoms with Crippen LogP contribution in [0.4, 0.5) is 0 Å². The number of hydrogen-bond donors (Lipinski definition) is 0. The Morgan fingerprint density at radius 2 is 2.45 bits per heavy atom. The van der Waals surface area contributed by atoms with E-state index >= 15 is 0 Å². The van der Waals surface area contributed by atoms with Crippen LogP contribution >= 0.6 is 15.9 Å². The van der Waals surface area contributed by atoms with E-state index in [9.17, 15) is 4.79 Å². The molecule has 0 bridgehead atoms. The lowest BCUT2D eigenvalue weighted by Gasteiger charge is -1.99. The number of esters is 1.